The number of carbonyl (C=O) groups excluding carboxylic acids is 1. The van der Waals surface area contributed by atoms with Crippen molar-refractivity contribution < 1.29 is 24.2 Å². The maximum absolute atomic E-state index is 12.7. The van der Waals surface area contributed by atoms with Crippen LogP contribution in [-0.4, -0.2) is 41.7 Å². The Bertz CT molecular complexity index is 1160. The summed E-state index contributed by atoms with van der Waals surface area (Å²) in [6.45, 7) is 3.75. The van der Waals surface area contributed by atoms with E-state index in [0.29, 0.717) is 5.75 Å². The van der Waals surface area contributed by atoms with Gasteiger partial charge in [-0.25, -0.2) is 9.59 Å². The van der Waals surface area contributed by atoms with Gasteiger partial charge in [0.1, 0.15) is 18.4 Å². The maximum atomic E-state index is 12.7. The first-order chi connectivity index (χ1) is 16.8. The third-order valence-corrected chi connectivity index (χ3v) is 7.78. The number of thioether (sulfide) groups is 1. The molecule has 7 heteroatoms. The lowest BCUT2D eigenvalue weighted by molar-refractivity contribution is -0.140. The number of carboxylic acid groups (broad SMARTS) is 1. The zero-order valence-corrected chi connectivity index (χ0v) is 20.8. The van der Waals surface area contributed by atoms with Crippen LogP contribution in [0.3, 0.4) is 0 Å². The molecule has 35 heavy (non-hydrogen) atoms. The van der Waals surface area contributed by atoms with Crippen LogP contribution in [-0.2, 0) is 15.3 Å². The minimum absolute atomic E-state index is 0.0890. The number of ether oxygens (including phenoxy) is 2. The Morgan fingerprint density at radius 2 is 1.54 bits per heavy atom. The molecule has 6 nitrogen and oxygen atoms in total. The third-order valence-electron chi connectivity index (χ3n) is 6.32. The Morgan fingerprint density at radius 3 is 2.09 bits per heavy atom. The molecule has 1 aliphatic rings. The van der Waals surface area contributed by atoms with Gasteiger partial charge in [0.05, 0.1) is 7.11 Å². The Kier molecular flexibility index (Phi) is 7.36. The van der Waals surface area contributed by atoms with Crippen molar-refractivity contribution in [2.45, 2.75) is 36.3 Å². The molecule has 0 saturated carbocycles. The van der Waals surface area contributed by atoms with Crippen molar-refractivity contribution in [1.82, 2.24) is 5.32 Å². The fourth-order valence-corrected chi connectivity index (χ4v) is 5.42. The van der Waals surface area contributed by atoms with Gasteiger partial charge in [-0.3, -0.25) is 0 Å². The van der Waals surface area contributed by atoms with E-state index in [-0.39, 0.29) is 12.5 Å². The number of aliphatic carboxylic acids is 1. The monoisotopic (exact) mass is 491 g/mol. The largest absolute Gasteiger partial charge is 0.497 e. The molecule has 0 unspecified atom stereocenters. The number of alkyl carbamates (subject to hydrolysis) is 1. The van der Waals surface area contributed by atoms with Gasteiger partial charge in [-0.05, 0) is 53.8 Å². The van der Waals surface area contributed by atoms with Crippen LogP contribution in [0.25, 0.3) is 11.1 Å². The average molecular weight is 492 g/mol. The number of hydrogen-bond donors (Lipinski definition) is 2. The van der Waals surface area contributed by atoms with E-state index in [1.54, 1.807) is 7.11 Å². The predicted octanol–water partition coefficient (Wildman–Crippen LogP) is 5.70. The Labute approximate surface area is 209 Å². The normalized spacial score (nSPS) is 13.5. The fraction of sp³-hybridized carbons (Fsp3) is 0.286. The van der Waals surface area contributed by atoms with E-state index < -0.39 is 22.9 Å². The minimum atomic E-state index is -1.12. The van der Waals surface area contributed by atoms with Crippen LogP contribution in [0, 0.1) is 0 Å². The van der Waals surface area contributed by atoms with Gasteiger partial charge in [0.2, 0.25) is 0 Å². The van der Waals surface area contributed by atoms with Gasteiger partial charge in [0, 0.05) is 16.4 Å². The average Bonchev–Trinajstić information content (AvgIpc) is 3.18. The van der Waals surface area contributed by atoms with Gasteiger partial charge in [-0.15, -0.1) is 11.8 Å². The molecule has 0 aromatic heterocycles. The molecule has 2 N–H and O–H groups in total. The summed E-state index contributed by atoms with van der Waals surface area (Å²) in [7, 11) is 1.61. The van der Waals surface area contributed by atoms with Crippen LogP contribution in [0.4, 0.5) is 4.79 Å². The van der Waals surface area contributed by atoms with Gasteiger partial charge in [0.15, 0.2) is 0 Å². The van der Waals surface area contributed by atoms with Gasteiger partial charge >= 0.3 is 12.1 Å². The maximum Gasteiger partial charge on any atom is 0.407 e. The lowest BCUT2D eigenvalue weighted by Crippen LogP contribution is -2.52. The second kappa shape index (κ2) is 10.4. The van der Waals surface area contributed by atoms with Crippen molar-refractivity contribution in [2.24, 2.45) is 0 Å². The molecule has 3 aromatic carbocycles. The third kappa shape index (κ3) is 5.46. The van der Waals surface area contributed by atoms with Crippen molar-refractivity contribution in [1.29, 1.82) is 0 Å². The summed E-state index contributed by atoms with van der Waals surface area (Å²) < 4.78 is 9.97. The SMILES string of the molecule is COc1ccc(CSC(C)(C)[C@H](NC(=O)OCC2c3ccccc3-c3ccccc32)C(=O)O)cc1. The number of carbonyl (C=O) groups is 2. The summed E-state index contributed by atoms with van der Waals surface area (Å²) in [4.78, 5) is 24.8. The lowest BCUT2D eigenvalue weighted by atomic mass is 9.98. The van der Waals surface area contributed by atoms with E-state index in [4.69, 9.17) is 9.47 Å². The highest BCUT2D eigenvalue weighted by molar-refractivity contribution is 7.99. The van der Waals surface area contributed by atoms with E-state index in [1.807, 2.05) is 74.5 Å². The topological polar surface area (TPSA) is 84.9 Å². The Morgan fingerprint density at radius 1 is 0.971 bits per heavy atom. The van der Waals surface area contributed by atoms with E-state index in [2.05, 4.69) is 17.4 Å². The second-order valence-corrected chi connectivity index (χ2v) is 10.6. The van der Waals surface area contributed by atoms with Crippen molar-refractivity contribution in [3.05, 3.63) is 89.5 Å². The predicted molar refractivity (Wildman–Crippen MR) is 138 cm³/mol. The van der Waals surface area contributed by atoms with Crippen molar-refractivity contribution in [3.63, 3.8) is 0 Å². The van der Waals surface area contributed by atoms with E-state index >= 15 is 0 Å². The van der Waals surface area contributed by atoms with Crippen LogP contribution in [0.2, 0.25) is 0 Å². The molecule has 0 spiro atoms. The first-order valence-electron chi connectivity index (χ1n) is 11.4. The number of benzene rings is 3. The number of rotatable bonds is 9. The minimum Gasteiger partial charge on any atom is -0.497 e. The molecule has 0 fully saturated rings. The Hall–Kier alpha value is -3.45. The highest BCUT2D eigenvalue weighted by atomic mass is 32.2. The number of hydrogen-bond acceptors (Lipinski definition) is 5. The van der Waals surface area contributed by atoms with Gasteiger partial charge in [-0.2, -0.15) is 0 Å². The molecular formula is C28H29NO5S. The van der Waals surface area contributed by atoms with Crippen LogP contribution >= 0.6 is 11.8 Å². The summed E-state index contributed by atoms with van der Waals surface area (Å²) in [5, 5.41) is 12.4. The zero-order chi connectivity index (χ0) is 25.0. The molecular weight excluding hydrogens is 462 g/mol. The molecule has 3 aromatic rings. The molecule has 1 aliphatic carbocycles. The Balaban J connectivity index is 1.39. The molecule has 0 heterocycles. The smallest absolute Gasteiger partial charge is 0.407 e. The lowest BCUT2D eigenvalue weighted by Gasteiger charge is -2.31. The number of amides is 1. The van der Waals surface area contributed by atoms with E-state index in [9.17, 15) is 14.7 Å². The summed E-state index contributed by atoms with van der Waals surface area (Å²) in [6.07, 6.45) is -0.739. The molecule has 0 aliphatic heterocycles. The fourth-order valence-electron chi connectivity index (χ4n) is 4.37. The molecule has 0 radical (unpaired) electrons. The molecule has 4 rings (SSSR count). The number of methoxy groups -OCH3 is 1. The first kappa shape index (κ1) is 24.7. The van der Waals surface area contributed by atoms with Gasteiger partial charge in [-0.1, -0.05) is 60.7 Å². The molecule has 182 valence electrons. The van der Waals surface area contributed by atoms with Gasteiger partial charge < -0.3 is 19.9 Å². The second-order valence-electron chi connectivity index (χ2n) is 8.98. The molecule has 0 bridgehead atoms. The molecule has 1 atom stereocenters. The summed E-state index contributed by atoms with van der Waals surface area (Å²) in [5.74, 6) is 0.158. The first-order valence-corrected chi connectivity index (χ1v) is 12.4. The van der Waals surface area contributed by atoms with Crippen molar-refractivity contribution in [3.8, 4) is 16.9 Å². The number of fused-ring (bicyclic) bond motifs is 3. The van der Waals surface area contributed by atoms with E-state index in [1.165, 1.54) is 11.8 Å². The summed E-state index contributed by atoms with van der Waals surface area (Å²) >= 11 is 1.46. The molecule has 1 amide bonds. The highest BCUT2D eigenvalue weighted by Gasteiger charge is 2.38. The standard InChI is InChI=1S/C28H29NO5S/c1-28(2,35-17-18-12-14-19(33-3)15-13-18)25(26(30)31)29-27(32)34-16-24-22-10-6-4-8-20(22)21-9-5-7-11-23(21)24/h4-15,24-25H,16-17H2,1-3H3,(H,29,32)(H,30,31)/t25-/m1/s1. The summed E-state index contributed by atoms with van der Waals surface area (Å²) in [6, 6.07) is 22.6. The quantitative estimate of drug-likeness (QED) is 0.400. The molecule has 0 saturated heterocycles. The van der Waals surface area contributed by atoms with Crippen LogP contribution in [0.15, 0.2) is 72.8 Å². The van der Waals surface area contributed by atoms with Crippen LogP contribution < -0.4 is 10.1 Å². The van der Waals surface area contributed by atoms with Gasteiger partial charge in [0.25, 0.3) is 0 Å². The van der Waals surface area contributed by atoms with Crippen molar-refractivity contribution in [2.75, 3.05) is 13.7 Å². The summed E-state index contributed by atoms with van der Waals surface area (Å²) in [5.41, 5.74) is 5.51. The van der Waals surface area contributed by atoms with Crippen LogP contribution in [0.1, 0.15) is 36.5 Å². The van der Waals surface area contributed by atoms with Crippen LogP contribution in [0.5, 0.6) is 5.75 Å². The zero-order valence-electron chi connectivity index (χ0n) is 20.0. The highest BCUT2D eigenvalue weighted by Crippen LogP contribution is 2.44. The number of carboxylic acids is 1. The van der Waals surface area contributed by atoms with E-state index in [0.717, 1.165) is 33.6 Å². The van der Waals surface area contributed by atoms with Crippen molar-refractivity contribution >= 4 is 23.8 Å². The number of nitrogens with one attached hydrogen (secondary N) is 1.